The lowest BCUT2D eigenvalue weighted by atomic mass is 9.77. The lowest BCUT2D eigenvalue weighted by molar-refractivity contribution is -0.112. The number of ketones is 1. The Morgan fingerprint density at radius 3 is 1.88 bits per heavy atom. The van der Waals surface area contributed by atoms with Gasteiger partial charge in [0.15, 0.2) is 5.78 Å². The largest absolute Gasteiger partial charge is 0.494 e. The zero-order valence-electron chi connectivity index (χ0n) is 11.5. The van der Waals surface area contributed by atoms with Gasteiger partial charge in [0.1, 0.15) is 0 Å². The van der Waals surface area contributed by atoms with Crippen molar-refractivity contribution in [1.82, 2.24) is 0 Å². The Bertz CT molecular complexity index is 351. The molecule has 0 bridgehead atoms. The summed E-state index contributed by atoms with van der Waals surface area (Å²) in [5.74, 6) is 0.0147. The van der Waals surface area contributed by atoms with Gasteiger partial charge >= 0.3 is 7.12 Å². The van der Waals surface area contributed by atoms with E-state index in [1.54, 1.807) is 6.08 Å². The van der Waals surface area contributed by atoms with Gasteiger partial charge in [0.25, 0.3) is 0 Å². The molecular weight excluding hydrogens is 215 g/mol. The van der Waals surface area contributed by atoms with Crippen molar-refractivity contribution < 1.29 is 14.1 Å². The molecule has 0 aromatic carbocycles. The average Bonchev–Trinajstić information content (AvgIpc) is 2.36. The Morgan fingerprint density at radius 2 is 1.53 bits per heavy atom. The van der Waals surface area contributed by atoms with Crippen LogP contribution < -0.4 is 0 Å². The van der Waals surface area contributed by atoms with Gasteiger partial charge in [0.2, 0.25) is 0 Å². The van der Waals surface area contributed by atoms with E-state index >= 15 is 0 Å². The molecule has 0 N–H and O–H groups in total. The minimum absolute atomic E-state index is 0.0147. The van der Waals surface area contributed by atoms with Crippen molar-refractivity contribution in [3.05, 3.63) is 23.7 Å². The van der Waals surface area contributed by atoms with Crippen LogP contribution in [0.2, 0.25) is 0 Å². The molecule has 1 fully saturated rings. The average molecular weight is 236 g/mol. The maximum Gasteiger partial charge on any atom is 0.494 e. The van der Waals surface area contributed by atoms with Crippen LogP contribution in [0.5, 0.6) is 0 Å². The second kappa shape index (κ2) is 4.79. The van der Waals surface area contributed by atoms with Gasteiger partial charge in [-0.1, -0.05) is 12.2 Å². The predicted molar refractivity (Wildman–Crippen MR) is 69.7 cm³/mol. The molecule has 0 amide bonds. The van der Waals surface area contributed by atoms with Crippen LogP contribution in [0.25, 0.3) is 0 Å². The number of hydrogen-bond acceptors (Lipinski definition) is 3. The molecule has 3 nitrogen and oxygen atoms in total. The van der Waals surface area contributed by atoms with Gasteiger partial charge in [0.05, 0.1) is 11.2 Å². The monoisotopic (exact) mass is 236 g/mol. The van der Waals surface area contributed by atoms with E-state index in [0.717, 1.165) is 5.47 Å². The smallest absolute Gasteiger partial charge is 0.399 e. The lowest BCUT2D eigenvalue weighted by Crippen LogP contribution is -2.41. The van der Waals surface area contributed by atoms with Crippen LogP contribution in [0.15, 0.2) is 23.7 Å². The summed E-state index contributed by atoms with van der Waals surface area (Å²) >= 11 is 0. The van der Waals surface area contributed by atoms with Gasteiger partial charge in [-0.2, -0.15) is 0 Å². The highest BCUT2D eigenvalue weighted by atomic mass is 16.7. The fourth-order valence-corrected chi connectivity index (χ4v) is 1.50. The fourth-order valence-electron chi connectivity index (χ4n) is 1.50. The summed E-state index contributed by atoms with van der Waals surface area (Å²) in [6.07, 6.45) is 5.19. The van der Waals surface area contributed by atoms with Crippen molar-refractivity contribution in [3.8, 4) is 0 Å². The minimum Gasteiger partial charge on any atom is -0.399 e. The van der Waals surface area contributed by atoms with E-state index in [0.29, 0.717) is 0 Å². The summed E-state index contributed by atoms with van der Waals surface area (Å²) in [6.45, 7) is 11.5. The molecule has 1 aliphatic heterocycles. The first-order valence-electron chi connectivity index (χ1n) is 5.90. The van der Waals surface area contributed by atoms with Crippen molar-refractivity contribution in [2.45, 2.75) is 52.7 Å². The van der Waals surface area contributed by atoms with E-state index in [1.807, 2.05) is 40.7 Å². The predicted octanol–water partition coefficient (Wildman–Crippen LogP) is 2.71. The molecule has 0 spiro atoms. The van der Waals surface area contributed by atoms with Crippen molar-refractivity contribution in [2.24, 2.45) is 0 Å². The van der Waals surface area contributed by atoms with Crippen LogP contribution in [0.3, 0.4) is 0 Å². The first-order chi connectivity index (χ1) is 7.69. The highest BCUT2D eigenvalue weighted by Crippen LogP contribution is 2.38. The molecule has 0 aliphatic carbocycles. The SMILES string of the molecule is C/C=C(/C=C/C(C)=O)B1OC(C)(C)C(C)(C)O1. The van der Waals surface area contributed by atoms with Gasteiger partial charge in [0, 0.05) is 0 Å². The molecule has 0 atom stereocenters. The number of allylic oxidation sites excluding steroid dienone is 4. The quantitative estimate of drug-likeness (QED) is 0.429. The standard InChI is InChI=1S/C13H21BO3/c1-7-11(9-8-10(2)15)14-16-12(3,4)13(5,6)17-14/h7-9H,1-6H3/b9-8+,11-7-. The zero-order chi connectivity index (χ0) is 13.3. The fraction of sp³-hybridized carbons (Fsp3) is 0.615. The maximum absolute atomic E-state index is 10.9. The van der Waals surface area contributed by atoms with E-state index in [1.165, 1.54) is 13.0 Å². The number of carbonyl (C=O) groups is 1. The molecule has 0 saturated carbocycles. The molecule has 1 aliphatic rings. The van der Waals surface area contributed by atoms with Crippen LogP contribution in [0, 0.1) is 0 Å². The van der Waals surface area contributed by atoms with Crippen LogP contribution in [-0.2, 0) is 14.1 Å². The van der Waals surface area contributed by atoms with Gasteiger partial charge < -0.3 is 9.31 Å². The Hall–Kier alpha value is -0.865. The first-order valence-corrected chi connectivity index (χ1v) is 5.90. The third-order valence-electron chi connectivity index (χ3n) is 3.37. The third-order valence-corrected chi connectivity index (χ3v) is 3.37. The van der Waals surface area contributed by atoms with E-state index in [4.69, 9.17) is 9.31 Å². The maximum atomic E-state index is 10.9. The summed E-state index contributed by atoms with van der Waals surface area (Å²) in [5, 5.41) is 0. The van der Waals surface area contributed by atoms with Crippen LogP contribution in [0.4, 0.5) is 0 Å². The van der Waals surface area contributed by atoms with Crippen LogP contribution >= 0.6 is 0 Å². The number of rotatable bonds is 3. The molecule has 1 saturated heterocycles. The van der Waals surface area contributed by atoms with Gasteiger partial charge in [-0.15, -0.1) is 0 Å². The summed E-state index contributed by atoms with van der Waals surface area (Å²) in [7, 11) is -0.402. The molecule has 94 valence electrons. The van der Waals surface area contributed by atoms with Crippen molar-refractivity contribution >= 4 is 12.9 Å². The second-order valence-corrected chi connectivity index (χ2v) is 5.32. The second-order valence-electron chi connectivity index (χ2n) is 5.32. The highest BCUT2D eigenvalue weighted by Gasteiger charge is 2.51. The van der Waals surface area contributed by atoms with Gasteiger partial charge in [-0.05, 0) is 53.1 Å². The Morgan fingerprint density at radius 1 is 1.06 bits per heavy atom. The summed E-state index contributed by atoms with van der Waals surface area (Å²) in [6, 6.07) is 0. The van der Waals surface area contributed by atoms with E-state index in [9.17, 15) is 4.79 Å². The van der Waals surface area contributed by atoms with Crippen molar-refractivity contribution in [1.29, 1.82) is 0 Å². The highest BCUT2D eigenvalue weighted by molar-refractivity contribution is 6.55. The molecule has 4 heteroatoms. The molecule has 0 aromatic rings. The molecule has 0 unspecified atom stereocenters. The number of carbonyl (C=O) groups excluding carboxylic acids is 1. The van der Waals surface area contributed by atoms with Crippen molar-refractivity contribution in [3.63, 3.8) is 0 Å². The van der Waals surface area contributed by atoms with Gasteiger partial charge in [-0.25, -0.2) is 0 Å². The lowest BCUT2D eigenvalue weighted by Gasteiger charge is -2.32. The van der Waals surface area contributed by atoms with E-state index in [-0.39, 0.29) is 17.0 Å². The Kier molecular flexibility index (Phi) is 4.00. The normalized spacial score (nSPS) is 23.4. The Labute approximate surface area is 104 Å². The minimum atomic E-state index is -0.402. The van der Waals surface area contributed by atoms with E-state index < -0.39 is 7.12 Å². The molecule has 1 heterocycles. The molecular formula is C13H21BO3. The topological polar surface area (TPSA) is 35.5 Å². The molecule has 17 heavy (non-hydrogen) atoms. The molecule has 0 aromatic heterocycles. The van der Waals surface area contributed by atoms with Crippen molar-refractivity contribution in [2.75, 3.05) is 0 Å². The van der Waals surface area contributed by atoms with Gasteiger partial charge in [-0.3, -0.25) is 4.79 Å². The Balaban J connectivity index is 2.86. The third kappa shape index (κ3) is 3.08. The first kappa shape index (κ1) is 14.2. The summed E-state index contributed by atoms with van der Waals surface area (Å²) in [4.78, 5) is 10.9. The summed E-state index contributed by atoms with van der Waals surface area (Å²) < 4.78 is 11.8. The number of hydrogen-bond donors (Lipinski definition) is 0. The van der Waals surface area contributed by atoms with Crippen LogP contribution in [-0.4, -0.2) is 24.1 Å². The summed E-state index contributed by atoms with van der Waals surface area (Å²) in [5.41, 5.74) is 0.172. The van der Waals surface area contributed by atoms with Crippen LogP contribution in [0.1, 0.15) is 41.5 Å². The molecule has 1 rings (SSSR count). The molecule has 0 radical (unpaired) electrons. The zero-order valence-corrected chi connectivity index (χ0v) is 11.5. The van der Waals surface area contributed by atoms with E-state index in [2.05, 4.69) is 0 Å².